The van der Waals surface area contributed by atoms with Gasteiger partial charge in [0.25, 0.3) is 0 Å². The summed E-state index contributed by atoms with van der Waals surface area (Å²) in [7, 11) is 1.99. The van der Waals surface area contributed by atoms with Crippen LogP contribution in [0.3, 0.4) is 0 Å². The average molecular weight is 160 g/mol. The summed E-state index contributed by atoms with van der Waals surface area (Å²) in [5.41, 5.74) is 0. The lowest BCUT2D eigenvalue weighted by Crippen LogP contribution is -2.49. The lowest BCUT2D eigenvalue weighted by atomic mass is 10.0. The SMILES string of the molecule is CCN(C)C1CCNCC1F. The number of nitrogens with one attached hydrogen (secondary N) is 1. The fourth-order valence-corrected chi connectivity index (χ4v) is 1.54. The molecule has 66 valence electrons. The van der Waals surface area contributed by atoms with E-state index in [1.165, 1.54) is 0 Å². The van der Waals surface area contributed by atoms with Gasteiger partial charge in [0.1, 0.15) is 6.17 Å². The van der Waals surface area contributed by atoms with Gasteiger partial charge in [-0.25, -0.2) is 4.39 Å². The minimum Gasteiger partial charge on any atom is -0.314 e. The highest BCUT2D eigenvalue weighted by atomic mass is 19.1. The van der Waals surface area contributed by atoms with E-state index in [9.17, 15) is 4.39 Å². The molecule has 0 aliphatic carbocycles. The molecule has 3 heteroatoms. The second-order valence-electron chi connectivity index (χ2n) is 3.15. The Morgan fingerprint density at radius 3 is 2.91 bits per heavy atom. The van der Waals surface area contributed by atoms with E-state index < -0.39 is 6.17 Å². The number of alkyl halides is 1. The maximum Gasteiger partial charge on any atom is 0.128 e. The molecule has 1 aliphatic rings. The Morgan fingerprint density at radius 1 is 1.64 bits per heavy atom. The fourth-order valence-electron chi connectivity index (χ4n) is 1.54. The number of piperidine rings is 1. The largest absolute Gasteiger partial charge is 0.314 e. The van der Waals surface area contributed by atoms with Crippen LogP contribution < -0.4 is 5.32 Å². The molecule has 0 bridgehead atoms. The smallest absolute Gasteiger partial charge is 0.128 e. The number of hydrogen-bond donors (Lipinski definition) is 1. The van der Waals surface area contributed by atoms with Crippen molar-refractivity contribution in [2.45, 2.75) is 25.6 Å². The van der Waals surface area contributed by atoms with Crippen LogP contribution in [0, 0.1) is 0 Å². The molecule has 11 heavy (non-hydrogen) atoms. The second kappa shape index (κ2) is 4.02. The van der Waals surface area contributed by atoms with E-state index in [0.29, 0.717) is 6.54 Å². The average Bonchev–Trinajstić information content (AvgIpc) is 2.04. The Bertz CT molecular complexity index is 115. The number of hydrogen-bond acceptors (Lipinski definition) is 2. The van der Waals surface area contributed by atoms with Gasteiger partial charge in [-0.2, -0.15) is 0 Å². The van der Waals surface area contributed by atoms with Crippen molar-refractivity contribution in [2.24, 2.45) is 0 Å². The zero-order valence-corrected chi connectivity index (χ0v) is 7.31. The molecule has 0 amide bonds. The summed E-state index contributed by atoms with van der Waals surface area (Å²) in [6, 6.07) is 0.140. The van der Waals surface area contributed by atoms with E-state index in [2.05, 4.69) is 17.1 Å². The van der Waals surface area contributed by atoms with Crippen molar-refractivity contribution in [3.8, 4) is 0 Å². The monoisotopic (exact) mass is 160 g/mol. The zero-order valence-electron chi connectivity index (χ0n) is 7.31. The molecule has 0 radical (unpaired) electrons. The third-order valence-electron chi connectivity index (χ3n) is 2.44. The minimum atomic E-state index is -0.686. The first-order valence-electron chi connectivity index (χ1n) is 4.30. The van der Waals surface area contributed by atoms with Crippen molar-refractivity contribution < 1.29 is 4.39 Å². The van der Waals surface area contributed by atoms with Gasteiger partial charge < -0.3 is 10.2 Å². The molecule has 2 unspecified atom stereocenters. The van der Waals surface area contributed by atoms with E-state index >= 15 is 0 Å². The van der Waals surface area contributed by atoms with Crippen molar-refractivity contribution in [2.75, 3.05) is 26.7 Å². The second-order valence-corrected chi connectivity index (χ2v) is 3.15. The number of rotatable bonds is 2. The predicted molar refractivity (Wildman–Crippen MR) is 44.5 cm³/mol. The van der Waals surface area contributed by atoms with Gasteiger partial charge in [0.15, 0.2) is 0 Å². The molecular weight excluding hydrogens is 143 g/mol. The highest BCUT2D eigenvalue weighted by Gasteiger charge is 2.26. The zero-order chi connectivity index (χ0) is 8.27. The first-order valence-corrected chi connectivity index (χ1v) is 4.30. The normalized spacial score (nSPS) is 32.7. The van der Waals surface area contributed by atoms with Crippen LogP contribution in [0.2, 0.25) is 0 Å². The topological polar surface area (TPSA) is 15.3 Å². The number of nitrogens with zero attached hydrogens (tertiary/aromatic N) is 1. The Balaban J connectivity index is 2.40. The highest BCUT2D eigenvalue weighted by molar-refractivity contribution is 4.83. The fraction of sp³-hybridized carbons (Fsp3) is 1.00. The summed E-state index contributed by atoms with van der Waals surface area (Å²) in [5.74, 6) is 0. The molecule has 2 atom stereocenters. The Kier molecular flexibility index (Phi) is 3.27. The van der Waals surface area contributed by atoms with E-state index in [0.717, 1.165) is 19.5 Å². The van der Waals surface area contributed by atoms with Gasteiger partial charge in [0.05, 0.1) is 0 Å². The lowest BCUT2D eigenvalue weighted by molar-refractivity contribution is 0.110. The maximum absolute atomic E-state index is 13.2. The molecule has 0 saturated carbocycles. The van der Waals surface area contributed by atoms with E-state index in [-0.39, 0.29) is 6.04 Å². The van der Waals surface area contributed by atoms with Gasteiger partial charge in [0.2, 0.25) is 0 Å². The van der Waals surface area contributed by atoms with Gasteiger partial charge in [0, 0.05) is 12.6 Å². The molecule has 1 aliphatic heterocycles. The van der Waals surface area contributed by atoms with E-state index in [1.807, 2.05) is 7.05 Å². The first kappa shape index (κ1) is 8.94. The molecule has 1 saturated heterocycles. The molecule has 1 N–H and O–H groups in total. The first-order chi connectivity index (χ1) is 5.25. The van der Waals surface area contributed by atoms with Crippen LogP contribution in [0.15, 0.2) is 0 Å². The van der Waals surface area contributed by atoms with Gasteiger partial charge in [-0.3, -0.25) is 0 Å². The predicted octanol–water partition coefficient (Wildman–Crippen LogP) is 0.638. The molecule has 1 heterocycles. The third-order valence-corrected chi connectivity index (χ3v) is 2.44. The van der Waals surface area contributed by atoms with Crippen LogP contribution in [0.25, 0.3) is 0 Å². The van der Waals surface area contributed by atoms with Crippen molar-refractivity contribution in [3.63, 3.8) is 0 Å². The molecule has 2 nitrogen and oxygen atoms in total. The molecule has 0 aromatic rings. The van der Waals surface area contributed by atoms with Gasteiger partial charge in [-0.1, -0.05) is 6.92 Å². The van der Waals surface area contributed by atoms with Crippen LogP contribution >= 0.6 is 0 Å². The summed E-state index contributed by atoms with van der Waals surface area (Å²) < 4.78 is 13.2. The van der Waals surface area contributed by atoms with Crippen molar-refractivity contribution in [3.05, 3.63) is 0 Å². The highest BCUT2D eigenvalue weighted by Crippen LogP contribution is 2.12. The summed E-state index contributed by atoms with van der Waals surface area (Å²) >= 11 is 0. The Labute approximate surface area is 67.8 Å². The van der Waals surface area contributed by atoms with Gasteiger partial charge in [-0.05, 0) is 26.6 Å². The Hall–Kier alpha value is -0.150. The number of halogens is 1. The van der Waals surface area contributed by atoms with Gasteiger partial charge >= 0.3 is 0 Å². The quantitative estimate of drug-likeness (QED) is 0.637. The molecular formula is C8H17FN2. The van der Waals surface area contributed by atoms with Crippen LogP contribution in [-0.2, 0) is 0 Å². The third kappa shape index (κ3) is 2.14. The van der Waals surface area contributed by atoms with Crippen LogP contribution in [0.1, 0.15) is 13.3 Å². The van der Waals surface area contributed by atoms with Crippen molar-refractivity contribution in [1.82, 2.24) is 10.2 Å². The molecule has 1 fully saturated rings. The molecule has 0 aromatic heterocycles. The van der Waals surface area contributed by atoms with E-state index in [4.69, 9.17) is 0 Å². The minimum absolute atomic E-state index is 0.140. The summed E-state index contributed by atoms with van der Waals surface area (Å²) in [5, 5.41) is 3.04. The summed E-state index contributed by atoms with van der Waals surface area (Å²) in [6.07, 6.45) is 0.250. The van der Waals surface area contributed by atoms with Gasteiger partial charge in [-0.15, -0.1) is 0 Å². The maximum atomic E-state index is 13.2. The lowest BCUT2D eigenvalue weighted by Gasteiger charge is -2.33. The summed E-state index contributed by atoms with van der Waals surface area (Å²) in [4.78, 5) is 2.09. The standard InChI is InChI=1S/C8H17FN2/c1-3-11(2)8-4-5-10-6-7(8)9/h7-8,10H,3-6H2,1-2H3. The summed E-state index contributed by atoms with van der Waals surface area (Å²) in [6.45, 7) is 4.48. The Morgan fingerprint density at radius 2 is 2.36 bits per heavy atom. The molecule has 1 rings (SSSR count). The molecule has 0 aromatic carbocycles. The van der Waals surface area contributed by atoms with Crippen LogP contribution in [-0.4, -0.2) is 43.8 Å². The van der Waals surface area contributed by atoms with Crippen LogP contribution in [0.4, 0.5) is 4.39 Å². The van der Waals surface area contributed by atoms with Crippen LogP contribution in [0.5, 0.6) is 0 Å². The molecule has 0 spiro atoms. The van der Waals surface area contributed by atoms with E-state index in [1.54, 1.807) is 0 Å². The van der Waals surface area contributed by atoms with Crippen molar-refractivity contribution >= 4 is 0 Å². The van der Waals surface area contributed by atoms with Crippen molar-refractivity contribution in [1.29, 1.82) is 0 Å².